The predicted molar refractivity (Wildman–Crippen MR) is 84.1 cm³/mol. The van der Waals surface area contributed by atoms with Gasteiger partial charge in [0.2, 0.25) is 0 Å². The summed E-state index contributed by atoms with van der Waals surface area (Å²) in [6, 6.07) is 5.36. The molecule has 1 fully saturated rings. The maximum atomic E-state index is 13.7. The number of likely N-dealkylation sites (N-methyl/N-ethyl adjacent to an activating group) is 1. The Morgan fingerprint density at radius 3 is 2.85 bits per heavy atom. The van der Waals surface area contributed by atoms with Gasteiger partial charge in [0.25, 0.3) is 0 Å². The van der Waals surface area contributed by atoms with Crippen LogP contribution in [0.25, 0.3) is 0 Å². The Hall–Kier alpha value is -0.490. The van der Waals surface area contributed by atoms with Crippen LogP contribution in [0.4, 0.5) is 4.39 Å². The van der Waals surface area contributed by atoms with Gasteiger partial charge in [-0.05, 0) is 66.6 Å². The zero-order valence-corrected chi connectivity index (χ0v) is 13.7. The lowest BCUT2D eigenvalue weighted by Crippen LogP contribution is -2.35. The van der Waals surface area contributed by atoms with Gasteiger partial charge in [0.1, 0.15) is 5.82 Å². The van der Waals surface area contributed by atoms with Gasteiger partial charge in [-0.25, -0.2) is 4.39 Å². The Morgan fingerprint density at radius 1 is 1.55 bits per heavy atom. The third kappa shape index (κ3) is 3.79. The summed E-state index contributed by atoms with van der Waals surface area (Å²) < 4.78 is 14.2. The van der Waals surface area contributed by atoms with Crippen LogP contribution in [0, 0.1) is 11.7 Å². The van der Waals surface area contributed by atoms with Crippen molar-refractivity contribution in [2.75, 3.05) is 40.3 Å². The van der Waals surface area contributed by atoms with E-state index in [1.165, 1.54) is 13.0 Å². The summed E-state index contributed by atoms with van der Waals surface area (Å²) in [5.41, 5.74) is 6.86. The number of hydrogen-bond donors (Lipinski definition) is 1. The molecule has 1 aromatic carbocycles. The van der Waals surface area contributed by atoms with E-state index in [9.17, 15) is 4.39 Å². The predicted octanol–water partition coefficient (Wildman–Crippen LogP) is 2.47. The van der Waals surface area contributed by atoms with Crippen molar-refractivity contribution >= 4 is 15.9 Å². The van der Waals surface area contributed by atoms with Crippen molar-refractivity contribution in [3.63, 3.8) is 0 Å². The smallest absolute Gasteiger partial charge is 0.137 e. The van der Waals surface area contributed by atoms with Crippen molar-refractivity contribution in [2.24, 2.45) is 11.7 Å². The molecule has 2 N–H and O–H groups in total. The number of halogens is 2. The van der Waals surface area contributed by atoms with Gasteiger partial charge < -0.3 is 10.6 Å². The van der Waals surface area contributed by atoms with Crippen molar-refractivity contribution in [1.29, 1.82) is 0 Å². The van der Waals surface area contributed by atoms with Crippen LogP contribution >= 0.6 is 15.9 Å². The molecule has 1 heterocycles. The van der Waals surface area contributed by atoms with E-state index in [4.69, 9.17) is 5.73 Å². The highest BCUT2D eigenvalue weighted by molar-refractivity contribution is 9.10. The molecule has 1 aromatic rings. The average molecular weight is 344 g/mol. The summed E-state index contributed by atoms with van der Waals surface area (Å²) in [7, 11) is 4.24. The van der Waals surface area contributed by atoms with Gasteiger partial charge in [-0.2, -0.15) is 0 Å². The Kier molecular flexibility index (Phi) is 5.55. The molecule has 0 amide bonds. The van der Waals surface area contributed by atoms with Gasteiger partial charge in [0.15, 0.2) is 0 Å². The van der Waals surface area contributed by atoms with Gasteiger partial charge in [-0.15, -0.1) is 0 Å². The third-order valence-electron chi connectivity index (χ3n) is 4.12. The molecule has 112 valence electrons. The Labute approximate surface area is 129 Å². The highest BCUT2D eigenvalue weighted by Crippen LogP contribution is 2.25. The molecule has 20 heavy (non-hydrogen) atoms. The second-order valence-electron chi connectivity index (χ2n) is 5.78. The average Bonchev–Trinajstić information content (AvgIpc) is 2.80. The molecule has 1 aliphatic rings. The van der Waals surface area contributed by atoms with Crippen LogP contribution in [0.2, 0.25) is 0 Å². The van der Waals surface area contributed by atoms with E-state index >= 15 is 0 Å². The molecule has 1 saturated heterocycles. The fraction of sp³-hybridized carbons (Fsp3) is 0.600. The SMILES string of the molecule is CN1CCC(CN(C)C(CN)c2ccc(Br)c(F)c2)C1. The summed E-state index contributed by atoms with van der Waals surface area (Å²) >= 11 is 3.19. The second-order valence-corrected chi connectivity index (χ2v) is 6.64. The molecule has 0 bridgehead atoms. The van der Waals surface area contributed by atoms with E-state index in [2.05, 4.69) is 39.8 Å². The first-order valence-electron chi connectivity index (χ1n) is 7.05. The van der Waals surface area contributed by atoms with E-state index in [0.717, 1.165) is 18.7 Å². The quantitative estimate of drug-likeness (QED) is 0.891. The van der Waals surface area contributed by atoms with E-state index in [1.807, 2.05) is 6.07 Å². The number of nitrogens with zero attached hydrogens (tertiary/aromatic N) is 2. The first-order valence-corrected chi connectivity index (χ1v) is 7.84. The molecular weight excluding hydrogens is 321 g/mol. The highest BCUT2D eigenvalue weighted by atomic mass is 79.9. The number of rotatable bonds is 5. The van der Waals surface area contributed by atoms with Crippen molar-refractivity contribution in [2.45, 2.75) is 12.5 Å². The zero-order chi connectivity index (χ0) is 14.7. The maximum Gasteiger partial charge on any atom is 0.137 e. The molecule has 5 heteroatoms. The molecular formula is C15H23BrFN3. The van der Waals surface area contributed by atoms with Crippen LogP contribution in [0.5, 0.6) is 0 Å². The lowest BCUT2D eigenvalue weighted by molar-refractivity contribution is 0.211. The molecule has 1 aliphatic heterocycles. The summed E-state index contributed by atoms with van der Waals surface area (Å²) in [4.78, 5) is 4.61. The molecule has 2 rings (SSSR count). The Bertz CT molecular complexity index is 455. The molecule has 0 spiro atoms. The lowest BCUT2D eigenvalue weighted by Gasteiger charge is -2.29. The van der Waals surface area contributed by atoms with E-state index in [-0.39, 0.29) is 11.9 Å². The van der Waals surface area contributed by atoms with Gasteiger partial charge in [-0.1, -0.05) is 6.07 Å². The normalized spacial score (nSPS) is 21.6. The second kappa shape index (κ2) is 6.98. The van der Waals surface area contributed by atoms with Crippen LogP contribution in [0.15, 0.2) is 22.7 Å². The van der Waals surface area contributed by atoms with Crippen molar-refractivity contribution < 1.29 is 4.39 Å². The molecule has 0 aliphatic carbocycles. The minimum Gasteiger partial charge on any atom is -0.329 e. The van der Waals surface area contributed by atoms with E-state index in [0.29, 0.717) is 16.9 Å². The summed E-state index contributed by atoms with van der Waals surface area (Å²) in [6.07, 6.45) is 1.23. The van der Waals surface area contributed by atoms with E-state index < -0.39 is 0 Å². The topological polar surface area (TPSA) is 32.5 Å². The largest absolute Gasteiger partial charge is 0.329 e. The molecule has 0 radical (unpaired) electrons. The standard InChI is InChI=1S/C15H23BrFN3/c1-19-6-5-11(9-19)10-20(2)15(8-18)12-3-4-13(16)14(17)7-12/h3-4,7,11,15H,5-6,8-10,18H2,1-2H3. The number of likely N-dealkylation sites (tertiary alicyclic amines) is 1. The van der Waals surface area contributed by atoms with Crippen molar-refractivity contribution in [1.82, 2.24) is 9.80 Å². The van der Waals surface area contributed by atoms with Crippen LogP contribution in [0.3, 0.4) is 0 Å². The molecule has 2 unspecified atom stereocenters. The van der Waals surface area contributed by atoms with Crippen LogP contribution in [0.1, 0.15) is 18.0 Å². The van der Waals surface area contributed by atoms with Crippen LogP contribution < -0.4 is 5.73 Å². The minimum atomic E-state index is -0.227. The molecule has 3 nitrogen and oxygen atoms in total. The number of nitrogens with two attached hydrogens (primary N) is 1. The molecule has 2 atom stereocenters. The Morgan fingerprint density at radius 2 is 2.30 bits per heavy atom. The fourth-order valence-corrected chi connectivity index (χ4v) is 3.25. The third-order valence-corrected chi connectivity index (χ3v) is 4.76. The minimum absolute atomic E-state index is 0.0727. The van der Waals surface area contributed by atoms with Crippen LogP contribution in [-0.2, 0) is 0 Å². The number of hydrogen-bond acceptors (Lipinski definition) is 3. The summed E-state index contributed by atoms with van der Waals surface area (Å²) in [5.74, 6) is 0.453. The monoisotopic (exact) mass is 343 g/mol. The van der Waals surface area contributed by atoms with Gasteiger partial charge in [-0.3, -0.25) is 4.90 Å². The lowest BCUT2D eigenvalue weighted by atomic mass is 10.0. The maximum absolute atomic E-state index is 13.7. The molecule has 0 saturated carbocycles. The van der Waals surface area contributed by atoms with Crippen LogP contribution in [-0.4, -0.2) is 50.1 Å². The summed E-state index contributed by atoms with van der Waals surface area (Å²) in [6.45, 7) is 3.80. The van der Waals surface area contributed by atoms with Gasteiger partial charge >= 0.3 is 0 Å². The Balaban J connectivity index is 2.04. The first-order chi connectivity index (χ1) is 9.51. The van der Waals surface area contributed by atoms with Crippen molar-refractivity contribution in [3.05, 3.63) is 34.1 Å². The van der Waals surface area contributed by atoms with Gasteiger partial charge in [0, 0.05) is 25.7 Å². The summed E-state index contributed by atoms with van der Waals surface area (Å²) in [5, 5.41) is 0. The van der Waals surface area contributed by atoms with Crippen molar-refractivity contribution in [3.8, 4) is 0 Å². The highest BCUT2D eigenvalue weighted by Gasteiger charge is 2.24. The molecule has 0 aromatic heterocycles. The van der Waals surface area contributed by atoms with E-state index in [1.54, 1.807) is 12.1 Å². The van der Waals surface area contributed by atoms with Gasteiger partial charge in [0.05, 0.1) is 4.47 Å². The zero-order valence-electron chi connectivity index (χ0n) is 12.1. The number of benzene rings is 1. The fourth-order valence-electron chi connectivity index (χ4n) is 3.00. The first kappa shape index (κ1) is 15.9.